The summed E-state index contributed by atoms with van der Waals surface area (Å²) in [5.74, 6) is 0.365. The van der Waals surface area contributed by atoms with Crippen LogP contribution in [0.2, 0.25) is 0 Å². The first-order valence-electron chi connectivity index (χ1n) is 8.80. The quantitative estimate of drug-likeness (QED) is 0.514. The second kappa shape index (κ2) is 7.15. The number of thioether (sulfide) groups is 1. The van der Waals surface area contributed by atoms with Gasteiger partial charge in [0.2, 0.25) is 11.8 Å². The molecule has 4 rings (SSSR count). The monoisotopic (exact) mass is 385 g/mol. The predicted octanol–water partition coefficient (Wildman–Crippen LogP) is 2.97. The number of carbonyl (C=O) groups excluding carboxylic acids is 1. The minimum atomic E-state index is -0.288. The lowest BCUT2D eigenvalue weighted by molar-refractivity contribution is -0.113. The summed E-state index contributed by atoms with van der Waals surface area (Å²) in [5.41, 5.74) is 0.588. The summed E-state index contributed by atoms with van der Waals surface area (Å²) < 4.78 is 7.09. The molecule has 1 saturated carbocycles. The van der Waals surface area contributed by atoms with Crippen LogP contribution >= 0.6 is 11.8 Å². The number of hydrogen-bond acceptors (Lipinski definition) is 7. The molecular formula is C18H19N5O3S. The number of nitrogens with zero attached hydrogens (tertiary/aromatic N) is 4. The van der Waals surface area contributed by atoms with Crippen LogP contribution in [0.5, 0.6) is 0 Å². The molecule has 1 aromatic carbocycles. The Kier molecular flexibility index (Phi) is 4.69. The van der Waals surface area contributed by atoms with E-state index in [2.05, 4.69) is 20.5 Å². The first-order valence-corrected chi connectivity index (χ1v) is 9.79. The highest BCUT2D eigenvalue weighted by Crippen LogP contribution is 2.36. The van der Waals surface area contributed by atoms with Crippen molar-refractivity contribution < 1.29 is 9.21 Å². The largest absolute Gasteiger partial charge is 0.408 e. The first-order chi connectivity index (χ1) is 13.0. The van der Waals surface area contributed by atoms with Gasteiger partial charge in [0, 0.05) is 12.0 Å². The van der Waals surface area contributed by atoms with E-state index in [-0.39, 0.29) is 35.2 Å². The minimum absolute atomic E-state index is 0.0514. The number of aromatic nitrogens is 4. The topological polar surface area (TPSA) is 103 Å². The Morgan fingerprint density at radius 3 is 2.81 bits per heavy atom. The van der Waals surface area contributed by atoms with Gasteiger partial charge in [0.05, 0.1) is 16.7 Å². The maximum Gasteiger partial charge on any atom is 0.322 e. The van der Waals surface area contributed by atoms with E-state index in [4.69, 9.17) is 4.42 Å². The fourth-order valence-corrected chi connectivity index (χ4v) is 3.55. The second-order valence-corrected chi connectivity index (χ2v) is 7.70. The molecule has 0 saturated heterocycles. The van der Waals surface area contributed by atoms with E-state index in [1.54, 1.807) is 10.6 Å². The predicted molar refractivity (Wildman–Crippen MR) is 102 cm³/mol. The van der Waals surface area contributed by atoms with Crippen LogP contribution in [0.15, 0.2) is 38.6 Å². The number of amides is 1. The minimum Gasteiger partial charge on any atom is -0.408 e. The smallest absolute Gasteiger partial charge is 0.322 e. The van der Waals surface area contributed by atoms with Crippen LogP contribution in [0, 0.1) is 0 Å². The molecule has 27 heavy (non-hydrogen) atoms. The molecule has 1 aliphatic carbocycles. The van der Waals surface area contributed by atoms with Gasteiger partial charge in [0.1, 0.15) is 0 Å². The van der Waals surface area contributed by atoms with Crippen LogP contribution in [0.25, 0.3) is 10.9 Å². The zero-order valence-electron chi connectivity index (χ0n) is 15.0. The number of para-hydroxylation sites is 1. The third kappa shape index (κ3) is 3.73. The highest BCUT2D eigenvalue weighted by atomic mass is 32.2. The molecule has 1 aliphatic rings. The average molecular weight is 385 g/mol. The number of rotatable bonds is 6. The van der Waals surface area contributed by atoms with Gasteiger partial charge in [-0.25, -0.2) is 4.98 Å². The van der Waals surface area contributed by atoms with Crippen LogP contribution in [0.3, 0.4) is 0 Å². The summed E-state index contributed by atoms with van der Waals surface area (Å²) in [5, 5.41) is 11.4. The van der Waals surface area contributed by atoms with Gasteiger partial charge in [-0.3, -0.25) is 19.5 Å². The molecule has 140 valence electrons. The van der Waals surface area contributed by atoms with Crippen LogP contribution in [-0.2, 0) is 4.79 Å². The molecule has 2 heterocycles. The van der Waals surface area contributed by atoms with E-state index in [1.165, 1.54) is 11.8 Å². The van der Waals surface area contributed by atoms with Crippen molar-refractivity contribution in [2.75, 3.05) is 11.1 Å². The third-order valence-corrected chi connectivity index (χ3v) is 5.15. The van der Waals surface area contributed by atoms with Crippen LogP contribution in [0.1, 0.15) is 44.5 Å². The summed E-state index contributed by atoms with van der Waals surface area (Å²) in [4.78, 5) is 29.6. The molecule has 1 N–H and O–H groups in total. The van der Waals surface area contributed by atoms with E-state index in [9.17, 15) is 9.59 Å². The molecule has 1 amide bonds. The number of benzene rings is 1. The highest BCUT2D eigenvalue weighted by Gasteiger charge is 2.28. The fourth-order valence-electron chi connectivity index (χ4n) is 2.69. The van der Waals surface area contributed by atoms with Gasteiger partial charge in [-0.1, -0.05) is 42.8 Å². The molecular weight excluding hydrogens is 366 g/mol. The molecule has 3 aromatic rings. The Morgan fingerprint density at radius 2 is 2.11 bits per heavy atom. The van der Waals surface area contributed by atoms with Crippen LogP contribution < -0.4 is 10.9 Å². The zero-order chi connectivity index (χ0) is 19.0. The van der Waals surface area contributed by atoms with E-state index < -0.39 is 0 Å². The molecule has 1 fully saturated rings. The SMILES string of the molecule is CC(C)c1nnc(NC(=O)CSc2nc3ccccc3c(=O)n2C2CC2)o1. The lowest BCUT2D eigenvalue weighted by Crippen LogP contribution is -2.23. The van der Waals surface area contributed by atoms with Crippen molar-refractivity contribution in [1.82, 2.24) is 19.7 Å². The summed E-state index contributed by atoms with van der Waals surface area (Å²) in [7, 11) is 0. The van der Waals surface area contributed by atoms with Gasteiger partial charge in [0.15, 0.2) is 5.16 Å². The highest BCUT2D eigenvalue weighted by molar-refractivity contribution is 7.99. The van der Waals surface area contributed by atoms with Crippen molar-refractivity contribution >= 4 is 34.6 Å². The van der Waals surface area contributed by atoms with E-state index in [0.717, 1.165) is 12.8 Å². The number of carbonyl (C=O) groups is 1. The maximum absolute atomic E-state index is 12.8. The second-order valence-electron chi connectivity index (χ2n) is 6.75. The molecule has 0 bridgehead atoms. The Morgan fingerprint density at radius 1 is 1.33 bits per heavy atom. The lowest BCUT2D eigenvalue weighted by Gasteiger charge is -2.11. The Balaban J connectivity index is 1.52. The standard InChI is InChI=1S/C18H19N5O3S/c1-10(2)15-21-22-17(26-15)20-14(24)9-27-18-19-13-6-4-3-5-12(13)16(25)23(18)11-7-8-11/h3-6,10-11H,7-9H2,1-2H3,(H,20,22,24). The molecule has 8 nitrogen and oxygen atoms in total. The van der Waals surface area contributed by atoms with Gasteiger partial charge in [-0.15, -0.1) is 5.10 Å². The Hall–Kier alpha value is -2.68. The number of anilines is 1. The van der Waals surface area contributed by atoms with Gasteiger partial charge in [-0.2, -0.15) is 0 Å². The van der Waals surface area contributed by atoms with Crippen LogP contribution in [-0.4, -0.2) is 31.4 Å². The van der Waals surface area contributed by atoms with Gasteiger partial charge < -0.3 is 4.42 Å². The molecule has 0 radical (unpaired) electrons. The lowest BCUT2D eigenvalue weighted by atomic mass is 10.2. The molecule has 2 aromatic heterocycles. The van der Waals surface area contributed by atoms with Crippen molar-refractivity contribution in [3.8, 4) is 0 Å². The van der Waals surface area contributed by atoms with E-state index in [1.807, 2.05) is 32.0 Å². The van der Waals surface area contributed by atoms with Gasteiger partial charge in [-0.05, 0) is 25.0 Å². The molecule has 0 spiro atoms. The average Bonchev–Trinajstić information content (AvgIpc) is 3.37. The number of nitrogens with one attached hydrogen (secondary N) is 1. The Bertz CT molecular complexity index is 1050. The normalized spacial score (nSPS) is 14.0. The molecule has 0 atom stereocenters. The van der Waals surface area contributed by atoms with Crippen LogP contribution in [0.4, 0.5) is 6.01 Å². The van der Waals surface area contributed by atoms with E-state index in [0.29, 0.717) is 22.0 Å². The number of hydrogen-bond donors (Lipinski definition) is 1. The van der Waals surface area contributed by atoms with Crippen molar-refractivity contribution in [3.05, 3.63) is 40.5 Å². The number of fused-ring (bicyclic) bond motifs is 1. The zero-order valence-corrected chi connectivity index (χ0v) is 15.8. The first kappa shape index (κ1) is 17.7. The summed E-state index contributed by atoms with van der Waals surface area (Å²) >= 11 is 1.23. The van der Waals surface area contributed by atoms with Crippen molar-refractivity contribution in [3.63, 3.8) is 0 Å². The van der Waals surface area contributed by atoms with E-state index >= 15 is 0 Å². The molecule has 0 aliphatic heterocycles. The van der Waals surface area contributed by atoms with Crippen molar-refractivity contribution in [2.45, 2.75) is 43.8 Å². The van der Waals surface area contributed by atoms with Gasteiger partial charge in [0.25, 0.3) is 5.56 Å². The summed E-state index contributed by atoms with van der Waals surface area (Å²) in [6.07, 6.45) is 1.92. The maximum atomic E-state index is 12.8. The fraction of sp³-hybridized carbons (Fsp3) is 0.389. The summed E-state index contributed by atoms with van der Waals surface area (Å²) in [6, 6.07) is 7.52. The Labute approximate surface area is 159 Å². The van der Waals surface area contributed by atoms with Crippen molar-refractivity contribution in [2.24, 2.45) is 0 Å². The molecule has 9 heteroatoms. The third-order valence-electron chi connectivity index (χ3n) is 4.20. The van der Waals surface area contributed by atoms with Crippen molar-refractivity contribution in [1.29, 1.82) is 0 Å². The molecule has 0 unspecified atom stereocenters. The van der Waals surface area contributed by atoms with Gasteiger partial charge >= 0.3 is 6.01 Å². The summed E-state index contributed by atoms with van der Waals surface area (Å²) in [6.45, 7) is 3.86.